The molecule has 0 saturated heterocycles. The number of nitrogens with zero attached hydrogens (tertiary/aromatic N) is 2. The van der Waals surface area contributed by atoms with Crippen LogP contribution in [0.4, 0.5) is 5.69 Å². The van der Waals surface area contributed by atoms with Crippen molar-refractivity contribution in [2.75, 3.05) is 30.7 Å². The lowest BCUT2D eigenvalue weighted by Crippen LogP contribution is -2.42. The molecule has 0 unspecified atom stereocenters. The second-order valence-electron chi connectivity index (χ2n) is 7.53. The Labute approximate surface area is 159 Å². The Kier molecular flexibility index (Phi) is 8.13. The van der Waals surface area contributed by atoms with Gasteiger partial charge in [-0.05, 0) is 29.4 Å². The summed E-state index contributed by atoms with van der Waals surface area (Å²) < 4.78 is 26.5. The van der Waals surface area contributed by atoms with Crippen LogP contribution in [-0.2, 0) is 14.8 Å². The van der Waals surface area contributed by atoms with E-state index in [1.807, 2.05) is 45.9 Å². The number of rotatable bonds is 9. The molecule has 0 saturated carbocycles. The predicted octanol–water partition coefficient (Wildman–Crippen LogP) is 3.96. The number of carbonyl (C=O) groups excluding carboxylic acids is 1. The molecular formula is C20H34N2O3S. The summed E-state index contributed by atoms with van der Waals surface area (Å²) in [4.78, 5) is 14.3. The Hall–Kier alpha value is -1.56. The minimum atomic E-state index is -3.59. The van der Waals surface area contributed by atoms with Crippen LogP contribution in [0.3, 0.4) is 0 Å². The molecule has 1 aromatic carbocycles. The third-order valence-corrected chi connectivity index (χ3v) is 5.66. The summed E-state index contributed by atoms with van der Waals surface area (Å²) in [5, 5.41) is 0. The van der Waals surface area contributed by atoms with Crippen LogP contribution >= 0.6 is 0 Å². The monoisotopic (exact) mass is 382 g/mol. The zero-order valence-corrected chi connectivity index (χ0v) is 18.1. The third kappa shape index (κ3) is 5.73. The summed E-state index contributed by atoms with van der Waals surface area (Å²) in [6, 6.07) is 5.87. The summed E-state index contributed by atoms with van der Waals surface area (Å²) in [5.74, 6) is 0.124. The fourth-order valence-electron chi connectivity index (χ4n) is 2.93. The fourth-order valence-corrected chi connectivity index (χ4v) is 3.81. The first kappa shape index (κ1) is 22.5. The van der Waals surface area contributed by atoms with E-state index in [0.717, 1.165) is 24.0 Å². The van der Waals surface area contributed by atoms with Crippen LogP contribution in [0, 0.1) is 0 Å². The average Bonchev–Trinajstić information content (AvgIpc) is 2.55. The summed E-state index contributed by atoms with van der Waals surface area (Å²) >= 11 is 0. The minimum absolute atomic E-state index is 0.154. The van der Waals surface area contributed by atoms with Crippen molar-refractivity contribution in [2.45, 2.75) is 59.3 Å². The molecule has 0 heterocycles. The van der Waals surface area contributed by atoms with E-state index in [9.17, 15) is 13.2 Å². The number of hydrogen-bond donors (Lipinski definition) is 0. The average molecular weight is 383 g/mol. The number of hydrogen-bond acceptors (Lipinski definition) is 3. The van der Waals surface area contributed by atoms with Gasteiger partial charge in [-0.2, -0.15) is 0 Å². The van der Waals surface area contributed by atoms with Gasteiger partial charge >= 0.3 is 0 Å². The molecule has 0 fully saturated rings. The first-order valence-electron chi connectivity index (χ1n) is 9.35. The molecule has 5 nitrogen and oxygen atoms in total. The van der Waals surface area contributed by atoms with Crippen molar-refractivity contribution < 1.29 is 13.2 Å². The number of benzene rings is 1. The highest BCUT2D eigenvalue weighted by Gasteiger charge is 2.28. The second kappa shape index (κ2) is 9.40. The molecule has 0 bridgehead atoms. The Morgan fingerprint density at radius 1 is 1.08 bits per heavy atom. The van der Waals surface area contributed by atoms with Crippen LogP contribution in [0.2, 0.25) is 0 Å². The second-order valence-corrected chi connectivity index (χ2v) is 9.44. The molecule has 1 rings (SSSR count). The van der Waals surface area contributed by atoms with E-state index in [4.69, 9.17) is 0 Å². The minimum Gasteiger partial charge on any atom is -0.344 e. The lowest BCUT2D eigenvalue weighted by atomic mass is 9.92. The maximum atomic E-state index is 12.7. The Bertz CT molecular complexity index is 686. The lowest BCUT2D eigenvalue weighted by Gasteiger charge is -2.30. The topological polar surface area (TPSA) is 57.7 Å². The van der Waals surface area contributed by atoms with Crippen molar-refractivity contribution in [3.63, 3.8) is 0 Å². The van der Waals surface area contributed by atoms with Gasteiger partial charge in [-0.15, -0.1) is 0 Å². The molecule has 0 aliphatic rings. The largest absolute Gasteiger partial charge is 0.344 e. The van der Waals surface area contributed by atoms with Gasteiger partial charge in [0.2, 0.25) is 15.9 Å². The zero-order chi connectivity index (χ0) is 20.1. The SMILES string of the molecule is CCCCN(C)C(=O)CN(c1c(C(C)C)cccc1C(C)C)S(C)(=O)=O. The highest BCUT2D eigenvalue weighted by molar-refractivity contribution is 7.92. The highest BCUT2D eigenvalue weighted by Crippen LogP contribution is 2.36. The maximum absolute atomic E-state index is 12.7. The normalized spacial score (nSPS) is 11.9. The molecule has 148 valence electrons. The first-order chi connectivity index (χ1) is 12.0. The Balaban J connectivity index is 3.41. The van der Waals surface area contributed by atoms with E-state index in [0.29, 0.717) is 12.2 Å². The van der Waals surface area contributed by atoms with Gasteiger partial charge < -0.3 is 4.90 Å². The molecule has 0 aliphatic heterocycles. The quantitative estimate of drug-likeness (QED) is 0.649. The molecule has 0 aliphatic carbocycles. The number of carbonyl (C=O) groups is 1. The van der Waals surface area contributed by atoms with Crippen molar-refractivity contribution in [1.82, 2.24) is 4.90 Å². The van der Waals surface area contributed by atoms with Crippen molar-refractivity contribution in [3.8, 4) is 0 Å². The standard InChI is InChI=1S/C20H34N2O3S/c1-8-9-13-21(6)19(23)14-22(26(7,24)25)20-17(15(2)3)11-10-12-18(20)16(4)5/h10-12,15-16H,8-9,13-14H2,1-7H3. The van der Waals surface area contributed by atoms with E-state index < -0.39 is 10.0 Å². The van der Waals surface area contributed by atoms with Crippen LogP contribution in [0.25, 0.3) is 0 Å². The summed E-state index contributed by atoms with van der Waals surface area (Å²) in [6.07, 6.45) is 3.07. The van der Waals surface area contributed by atoms with Gasteiger partial charge in [0.05, 0.1) is 11.9 Å². The molecule has 0 N–H and O–H groups in total. The molecule has 0 spiro atoms. The van der Waals surface area contributed by atoms with Crippen LogP contribution in [0.15, 0.2) is 18.2 Å². The third-order valence-electron chi connectivity index (χ3n) is 4.54. The number of unbranched alkanes of at least 4 members (excludes halogenated alkanes) is 1. The van der Waals surface area contributed by atoms with Crippen LogP contribution in [0.1, 0.15) is 70.4 Å². The Morgan fingerprint density at radius 3 is 1.96 bits per heavy atom. The molecule has 0 aromatic heterocycles. The number of likely N-dealkylation sites (N-methyl/N-ethyl adjacent to an activating group) is 1. The number of anilines is 1. The van der Waals surface area contributed by atoms with Crippen LogP contribution in [0.5, 0.6) is 0 Å². The van der Waals surface area contributed by atoms with E-state index in [1.165, 1.54) is 10.6 Å². The Morgan fingerprint density at radius 2 is 1.58 bits per heavy atom. The first-order valence-corrected chi connectivity index (χ1v) is 11.2. The number of para-hydroxylation sites is 1. The molecule has 1 aromatic rings. The van der Waals surface area contributed by atoms with Gasteiger partial charge in [0.15, 0.2) is 0 Å². The van der Waals surface area contributed by atoms with Crippen molar-refractivity contribution in [2.24, 2.45) is 0 Å². The van der Waals surface area contributed by atoms with Gasteiger partial charge in [0.25, 0.3) is 0 Å². The highest BCUT2D eigenvalue weighted by atomic mass is 32.2. The van der Waals surface area contributed by atoms with Crippen molar-refractivity contribution in [3.05, 3.63) is 29.3 Å². The molecule has 26 heavy (non-hydrogen) atoms. The van der Waals surface area contributed by atoms with E-state index in [1.54, 1.807) is 11.9 Å². The zero-order valence-electron chi connectivity index (χ0n) is 17.2. The lowest BCUT2D eigenvalue weighted by molar-refractivity contribution is -0.128. The smallest absolute Gasteiger partial charge is 0.243 e. The molecule has 0 atom stereocenters. The van der Waals surface area contributed by atoms with E-state index in [2.05, 4.69) is 6.92 Å². The summed E-state index contributed by atoms with van der Waals surface area (Å²) in [5.41, 5.74) is 2.56. The van der Waals surface area contributed by atoms with Gasteiger partial charge in [0, 0.05) is 13.6 Å². The van der Waals surface area contributed by atoms with Crippen molar-refractivity contribution >= 4 is 21.6 Å². The molecule has 1 amide bonds. The molecule has 0 radical (unpaired) electrons. The number of sulfonamides is 1. The van der Waals surface area contributed by atoms with Crippen LogP contribution in [-0.4, -0.2) is 45.6 Å². The van der Waals surface area contributed by atoms with Gasteiger partial charge in [-0.1, -0.05) is 59.2 Å². The number of amides is 1. The van der Waals surface area contributed by atoms with Gasteiger partial charge in [-0.3, -0.25) is 9.10 Å². The summed E-state index contributed by atoms with van der Waals surface area (Å²) in [7, 11) is -1.86. The van der Waals surface area contributed by atoms with Gasteiger partial charge in [0.1, 0.15) is 6.54 Å². The van der Waals surface area contributed by atoms with Gasteiger partial charge in [-0.25, -0.2) is 8.42 Å². The molecule has 6 heteroatoms. The van der Waals surface area contributed by atoms with E-state index in [-0.39, 0.29) is 24.3 Å². The maximum Gasteiger partial charge on any atom is 0.243 e. The van der Waals surface area contributed by atoms with E-state index >= 15 is 0 Å². The predicted molar refractivity (Wildman–Crippen MR) is 109 cm³/mol. The van der Waals surface area contributed by atoms with Crippen LogP contribution < -0.4 is 4.31 Å². The van der Waals surface area contributed by atoms with Crippen molar-refractivity contribution in [1.29, 1.82) is 0 Å². The summed E-state index contributed by atoms with van der Waals surface area (Å²) in [6.45, 7) is 10.7. The fraction of sp³-hybridized carbons (Fsp3) is 0.650. The molecular weight excluding hydrogens is 348 g/mol.